The monoisotopic (exact) mass is 341 g/mol. The zero-order valence-corrected chi connectivity index (χ0v) is 14.7. The number of rotatable bonds is 7. The highest BCUT2D eigenvalue weighted by Crippen LogP contribution is 2.30. The second-order valence-corrected chi connectivity index (χ2v) is 7.02. The molecular weight excluding hydrogens is 314 g/mol. The maximum absolute atomic E-state index is 12.1. The standard InChI is InChI=1S/C20H27N3O2/c24-19(15-20(25)10-5-2-6-11-20)22-12-9-18-21-13-14-23(18)16-17-7-3-1-4-8-17/h1,3-4,7-8,13-14,25H,2,5-6,9-12,15-16H2,(H,22,24). The van der Waals surface area contributed by atoms with Crippen LogP contribution in [0.15, 0.2) is 42.7 Å². The van der Waals surface area contributed by atoms with E-state index in [0.717, 1.165) is 44.5 Å². The summed E-state index contributed by atoms with van der Waals surface area (Å²) in [5, 5.41) is 13.4. The van der Waals surface area contributed by atoms with Crippen LogP contribution in [0, 0.1) is 0 Å². The van der Waals surface area contributed by atoms with Gasteiger partial charge in [0, 0.05) is 31.9 Å². The van der Waals surface area contributed by atoms with Gasteiger partial charge in [-0.15, -0.1) is 0 Å². The summed E-state index contributed by atoms with van der Waals surface area (Å²) in [6.07, 6.45) is 9.33. The van der Waals surface area contributed by atoms with Crippen molar-refractivity contribution >= 4 is 5.91 Å². The molecule has 1 fully saturated rings. The van der Waals surface area contributed by atoms with Crippen molar-refractivity contribution in [1.82, 2.24) is 14.9 Å². The molecule has 0 aliphatic heterocycles. The van der Waals surface area contributed by atoms with E-state index in [9.17, 15) is 9.90 Å². The molecule has 1 aromatic heterocycles. The van der Waals surface area contributed by atoms with Crippen LogP contribution in [0.25, 0.3) is 0 Å². The fourth-order valence-electron chi connectivity index (χ4n) is 3.55. The van der Waals surface area contributed by atoms with E-state index in [1.807, 2.05) is 24.4 Å². The Labute approximate surface area is 149 Å². The molecule has 1 aliphatic rings. The van der Waals surface area contributed by atoms with Crippen molar-refractivity contribution in [3.63, 3.8) is 0 Å². The van der Waals surface area contributed by atoms with Gasteiger partial charge in [-0.05, 0) is 18.4 Å². The number of carbonyl (C=O) groups excluding carboxylic acids is 1. The van der Waals surface area contributed by atoms with E-state index in [2.05, 4.69) is 27.0 Å². The van der Waals surface area contributed by atoms with Crippen LogP contribution in [0.2, 0.25) is 0 Å². The van der Waals surface area contributed by atoms with Crippen molar-refractivity contribution in [3.8, 4) is 0 Å². The highest BCUT2D eigenvalue weighted by Gasteiger charge is 2.31. The Morgan fingerprint density at radius 3 is 2.72 bits per heavy atom. The largest absolute Gasteiger partial charge is 0.389 e. The van der Waals surface area contributed by atoms with Gasteiger partial charge in [0.1, 0.15) is 5.82 Å². The van der Waals surface area contributed by atoms with E-state index in [4.69, 9.17) is 0 Å². The first-order chi connectivity index (χ1) is 12.1. The van der Waals surface area contributed by atoms with Crippen molar-refractivity contribution in [2.45, 2.75) is 57.1 Å². The van der Waals surface area contributed by atoms with E-state index in [1.54, 1.807) is 6.20 Å². The molecule has 3 rings (SSSR count). The van der Waals surface area contributed by atoms with Crippen LogP contribution < -0.4 is 5.32 Å². The maximum atomic E-state index is 12.1. The summed E-state index contributed by atoms with van der Waals surface area (Å²) >= 11 is 0. The zero-order chi connectivity index (χ0) is 17.5. The third kappa shape index (κ3) is 5.16. The molecule has 134 valence electrons. The first-order valence-electron chi connectivity index (χ1n) is 9.18. The van der Waals surface area contributed by atoms with E-state index in [0.29, 0.717) is 13.0 Å². The molecule has 0 spiro atoms. The SMILES string of the molecule is O=C(CC1(O)CCCCC1)NCCc1nccn1Cc1ccccc1. The topological polar surface area (TPSA) is 67.2 Å². The van der Waals surface area contributed by atoms with Crippen molar-refractivity contribution in [1.29, 1.82) is 0 Å². The maximum Gasteiger partial charge on any atom is 0.222 e. The summed E-state index contributed by atoms with van der Waals surface area (Å²) in [7, 11) is 0. The molecule has 0 atom stereocenters. The summed E-state index contributed by atoms with van der Waals surface area (Å²) in [4.78, 5) is 16.5. The average Bonchev–Trinajstić information content (AvgIpc) is 3.03. The van der Waals surface area contributed by atoms with Gasteiger partial charge in [0.05, 0.1) is 12.0 Å². The lowest BCUT2D eigenvalue weighted by Crippen LogP contribution is -2.39. The van der Waals surface area contributed by atoms with Gasteiger partial charge in [0.15, 0.2) is 0 Å². The van der Waals surface area contributed by atoms with Crippen LogP contribution in [-0.4, -0.2) is 32.7 Å². The van der Waals surface area contributed by atoms with Gasteiger partial charge in [-0.25, -0.2) is 4.98 Å². The normalized spacial score (nSPS) is 16.5. The number of aromatic nitrogens is 2. The lowest BCUT2D eigenvalue weighted by Gasteiger charge is -2.31. The van der Waals surface area contributed by atoms with Gasteiger partial charge in [-0.3, -0.25) is 4.79 Å². The van der Waals surface area contributed by atoms with Crippen LogP contribution in [-0.2, 0) is 17.8 Å². The Kier molecular flexibility index (Phi) is 5.87. The number of carbonyl (C=O) groups is 1. The molecule has 1 saturated carbocycles. The van der Waals surface area contributed by atoms with Gasteiger partial charge in [-0.2, -0.15) is 0 Å². The molecule has 1 amide bonds. The molecule has 0 radical (unpaired) electrons. The number of aliphatic hydroxyl groups is 1. The number of benzene rings is 1. The number of nitrogens with one attached hydrogen (secondary N) is 1. The number of amides is 1. The minimum atomic E-state index is -0.798. The van der Waals surface area contributed by atoms with E-state index < -0.39 is 5.60 Å². The Morgan fingerprint density at radius 2 is 1.96 bits per heavy atom. The molecule has 1 aromatic carbocycles. The summed E-state index contributed by atoms with van der Waals surface area (Å²) in [6.45, 7) is 1.32. The van der Waals surface area contributed by atoms with Crippen molar-refractivity contribution in [2.75, 3.05) is 6.54 Å². The molecule has 1 aliphatic carbocycles. The van der Waals surface area contributed by atoms with E-state index in [1.165, 1.54) is 5.56 Å². The second kappa shape index (κ2) is 8.30. The third-order valence-electron chi connectivity index (χ3n) is 4.94. The number of hydrogen-bond acceptors (Lipinski definition) is 3. The second-order valence-electron chi connectivity index (χ2n) is 7.02. The molecule has 0 unspecified atom stereocenters. The van der Waals surface area contributed by atoms with Gasteiger partial charge in [0.25, 0.3) is 0 Å². The first kappa shape index (κ1) is 17.7. The van der Waals surface area contributed by atoms with Gasteiger partial charge in [-0.1, -0.05) is 49.6 Å². The minimum absolute atomic E-state index is 0.0643. The Morgan fingerprint density at radius 1 is 1.20 bits per heavy atom. The van der Waals surface area contributed by atoms with Crippen molar-refractivity contribution in [2.24, 2.45) is 0 Å². The molecule has 25 heavy (non-hydrogen) atoms. The molecule has 0 saturated heterocycles. The van der Waals surface area contributed by atoms with Gasteiger partial charge < -0.3 is 15.0 Å². The highest BCUT2D eigenvalue weighted by atomic mass is 16.3. The molecule has 1 heterocycles. The Hall–Kier alpha value is -2.14. The summed E-state index contributed by atoms with van der Waals surface area (Å²) in [6, 6.07) is 10.3. The van der Waals surface area contributed by atoms with Crippen LogP contribution in [0.1, 0.15) is 49.9 Å². The summed E-state index contributed by atoms with van der Waals surface area (Å²) in [5.41, 5.74) is 0.430. The zero-order valence-electron chi connectivity index (χ0n) is 14.7. The average molecular weight is 341 g/mol. The van der Waals surface area contributed by atoms with E-state index in [-0.39, 0.29) is 12.3 Å². The number of hydrogen-bond donors (Lipinski definition) is 2. The summed E-state index contributed by atoms with van der Waals surface area (Å²) in [5.74, 6) is 0.895. The minimum Gasteiger partial charge on any atom is -0.389 e. The summed E-state index contributed by atoms with van der Waals surface area (Å²) < 4.78 is 2.11. The first-order valence-corrected chi connectivity index (χ1v) is 9.18. The molecular formula is C20H27N3O2. The van der Waals surface area contributed by atoms with Gasteiger partial charge in [0.2, 0.25) is 5.91 Å². The van der Waals surface area contributed by atoms with Crippen LogP contribution in [0.3, 0.4) is 0 Å². The lowest BCUT2D eigenvalue weighted by atomic mass is 9.82. The predicted molar refractivity (Wildman–Crippen MR) is 97.1 cm³/mol. The van der Waals surface area contributed by atoms with Crippen LogP contribution >= 0.6 is 0 Å². The molecule has 2 aromatic rings. The quantitative estimate of drug-likeness (QED) is 0.814. The van der Waals surface area contributed by atoms with Crippen molar-refractivity contribution < 1.29 is 9.90 Å². The molecule has 0 bridgehead atoms. The Bertz CT molecular complexity index is 675. The fourth-order valence-corrected chi connectivity index (χ4v) is 3.55. The number of imidazole rings is 1. The fraction of sp³-hybridized carbons (Fsp3) is 0.500. The smallest absolute Gasteiger partial charge is 0.222 e. The van der Waals surface area contributed by atoms with Crippen molar-refractivity contribution in [3.05, 3.63) is 54.1 Å². The van der Waals surface area contributed by atoms with Gasteiger partial charge >= 0.3 is 0 Å². The lowest BCUT2D eigenvalue weighted by molar-refractivity contribution is -0.127. The predicted octanol–water partition coefficient (Wildman–Crippen LogP) is 2.68. The van der Waals surface area contributed by atoms with E-state index >= 15 is 0 Å². The molecule has 2 N–H and O–H groups in total. The molecule has 5 heteroatoms. The van der Waals surface area contributed by atoms with Crippen LogP contribution in [0.4, 0.5) is 0 Å². The Balaban J connectivity index is 1.46. The highest BCUT2D eigenvalue weighted by molar-refractivity contribution is 5.77. The third-order valence-corrected chi connectivity index (χ3v) is 4.94. The molecule has 5 nitrogen and oxygen atoms in total. The number of nitrogens with zero attached hydrogens (tertiary/aromatic N) is 2. The van der Waals surface area contributed by atoms with Crippen LogP contribution in [0.5, 0.6) is 0 Å².